The first-order chi connectivity index (χ1) is 10.0. The Kier molecular flexibility index (Phi) is 5.29. The molecule has 6 heteroatoms. The molecule has 0 radical (unpaired) electrons. The van der Waals surface area contributed by atoms with Crippen LogP contribution in [0.3, 0.4) is 0 Å². The smallest absolute Gasteiger partial charge is 0.0659 e. The predicted octanol–water partition coefficient (Wildman–Crippen LogP) is 3.09. The monoisotopic (exact) mass is 323 g/mol. The molecular formula is C16H26ClN5. The van der Waals surface area contributed by atoms with Gasteiger partial charge in [-0.15, -0.1) is 12.4 Å². The van der Waals surface area contributed by atoms with Crippen LogP contribution in [0.1, 0.15) is 61.3 Å². The molecule has 0 aromatic carbocycles. The molecule has 2 aromatic heterocycles. The van der Waals surface area contributed by atoms with E-state index in [1.54, 1.807) is 0 Å². The molecule has 0 atom stereocenters. The second-order valence-corrected chi connectivity index (χ2v) is 6.39. The van der Waals surface area contributed by atoms with Gasteiger partial charge in [0.25, 0.3) is 0 Å². The van der Waals surface area contributed by atoms with Gasteiger partial charge < -0.3 is 5.32 Å². The van der Waals surface area contributed by atoms with E-state index in [0.717, 1.165) is 18.8 Å². The molecule has 122 valence electrons. The van der Waals surface area contributed by atoms with E-state index in [1.807, 2.05) is 11.7 Å². The van der Waals surface area contributed by atoms with Gasteiger partial charge in [-0.2, -0.15) is 10.2 Å². The molecule has 1 saturated carbocycles. The maximum atomic E-state index is 4.78. The lowest BCUT2D eigenvalue weighted by molar-refractivity contribution is 0.491. The lowest BCUT2D eigenvalue weighted by Crippen LogP contribution is -2.17. The van der Waals surface area contributed by atoms with Crippen LogP contribution >= 0.6 is 12.4 Å². The second kappa shape index (κ2) is 6.84. The van der Waals surface area contributed by atoms with Crippen molar-refractivity contribution in [2.75, 3.05) is 0 Å². The molecule has 2 aromatic rings. The van der Waals surface area contributed by atoms with Crippen LogP contribution in [0.5, 0.6) is 0 Å². The van der Waals surface area contributed by atoms with Crippen molar-refractivity contribution in [3.05, 3.63) is 34.9 Å². The molecule has 1 N–H and O–H groups in total. The molecule has 0 spiro atoms. The van der Waals surface area contributed by atoms with Gasteiger partial charge in [-0.25, -0.2) is 0 Å². The highest BCUT2D eigenvalue weighted by atomic mass is 35.5. The van der Waals surface area contributed by atoms with Crippen LogP contribution in [0.2, 0.25) is 0 Å². The van der Waals surface area contributed by atoms with Crippen LogP contribution in [-0.2, 0) is 20.1 Å². The summed E-state index contributed by atoms with van der Waals surface area (Å²) >= 11 is 0. The van der Waals surface area contributed by atoms with Gasteiger partial charge in [0.2, 0.25) is 0 Å². The first-order valence-corrected chi connectivity index (χ1v) is 7.82. The van der Waals surface area contributed by atoms with E-state index in [1.165, 1.54) is 29.8 Å². The van der Waals surface area contributed by atoms with E-state index in [-0.39, 0.29) is 12.4 Å². The highest BCUT2D eigenvalue weighted by Crippen LogP contribution is 2.39. The molecule has 0 saturated heterocycles. The van der Waals surface area contributed by atoms with Crippen LogP contribution in [0, 0.1) is 6.92 Å². The molecule has 3 rings (SSSR count). The number of halogens is 1. The first-order valence-electron chi connectivity index (χ1n) is 7.82. The molecule has 1 aliphatic carbocycles. The highest BCUT2D eigenvalue weighted by molar-refractivity contribution is 5.85. The minimum absolute atomic E-state index is 0. The van der Waals surface area contributed by atoms with Crippen molar-refractivity contribution in [2.24, 2.45) is 7.05 Å². The van der Waals surface area contributed by atoms with Crippen molar-refractivity contribution in [1.29, 1.82) is 0 Å². The fourth-order valence-corrected chi connectivity index (χ4v) is 2.76. The SMILES string of the molecule is Cc1nn(C)cc1CNCc1cc(C2CC2)nn1C(C)C.Cl. The molecule has 2 heterocycles. The Bertz CT molecular complexity index is 625. The van der Waals surface area contributed by atoms with Crippen molar-refractivity contribution in [1.82, 2.24) is 24.9 Å². The maximum Gasteiger partial charge on any atom is 0.0659 e. The summed E-state index contributed by atoms with van der Waals surface area (Å²) < 4.78 is 4.03. The van der Waals surface area contributed by atoms with Gasteiger partial charge in [0.1, 0.15) is 0 Å². The summed E-state index contributed by atoms with van der Waals surface area (Å²) in [5.74, 6) is 0.712. The normalized spacial score (nSPS) is 14.4. The van der Waals surface area contributed by atoms with Gasteiger partial charge in [-0.1, -0.05) is 0 Å². The minimum Gasteiger partial charge on any atom is -0.307 e. The number of nitrogens with one attached hydrogen (secondary N) is 1. The topological polar surface area (TPSA) is 47.7 Å². The average molecular weight is 324 g/mol. The fourth-order valence-electron chi connectivity index (χ4n) is 2.76. The van der Waals surface area contributed by atoms with E-state index < -0.39 is 0 Å². The number of nitrogens with zero attached hydrogens (tertiary/aromatic N) is 4. The van der Waals surface area contributed by atoms with Gasteiger partial charge in [-0.05, 0) is 39.7 Å². The van der Waals surface area contributed by atoms with Gasteiger partial charge in [0, 0.05) is 43.9 Å². The van der Waals surface area contributed by atoms with Crippen molar-refractivity contribution in [3.8, 4) is 0 Å². The zero-order chi connectivity index (χ0) is 15.0. The number of hydrogen-bond acceptors (Lipinski definition) is 3. The van der Waals surface area contributed by atoms with Gasteiger partial charge in [0.15, 0.2) is 0 Å². The molecular weight excluding hydrogens is 298 g/mol. The predicted molar refractivity (Wildman–Crippen MR) is 90.3 cm³/mol. The summed E-state index contributed by atoms with van der Waals surface area (Å²) in [5.41, 5.74) is 4.92. The molecule has 5 nitrogen and oxygen atoms in total. The average Bonchev–Trinajstić information content (AvgIpc) is 3.10. The fraction of sp³-hybridized carbons (Fsp3) is 0.625. The van der Waals surface area contributed by atoms with E-state index >= 15 is 0 Å². The van der Waals surface area contributed by atoms with E-state index in [9.17, 15) is 0 Å². The molecule has 1 fully saturated rings. The van der Waals surface area contributed by atoms with E-state index in [0.29, 0.717) is 12.0 Å². The molecule has 0 bridgehead atoms. The summed E-state index contributed by atoms with van der Waals surface area (Å²) in [6, 6.07) is 2.69. The Morgan fingerprint density at radius 3 is 2.55 bits per heavy atom. The molecule has 0 amide bonds. The van der Waals surface area contributed by atoms with Gasteiger partial charge in [-0.3, -0.25) is 9.36 Å². The largest absolute Gasteiger partial charge is 0.307 e. The molecule has 0 aliphatic heterocycles. The number of aromatic nitrogens is 4. The summed E-state index contributed by atoms with van der Waals surface area (Å²) in [7, 11) is 1.96. The Morgan fingerprint density at radius 2 is 2.00 bits per heavy atom. The Balaban J connectivity index is 0.00000176. The Labute approximate surface area is 138 Å². The minimum atomic E-state index is 0. The molecule has 22 heavy (non-hydrogen) atoms. The summed E-state index contributed by atoms with van der Waals surface area (Å²) in [4.78, 5) is 0. The zero-order valence-electron chi connectivity index (χ0n) is 13.8. The van der Waals surface area contributed by atoms with Crippen LogP contribution in [0.25, 0.3) is 0 Å². The van der Waals surface area contributed by atoms with Gasteiger partial charge >= 0.3 is 0 Å². The van der Waals surface area contributed by atoms with Crippen molar-refractivity contribution in [3.63, 3.8) is 0 Å². The summed E-state index contributed by atoms with van der Waals surface area (Å²) in [5, 5.41) is 12.7. The zero-order valence-corrected chi connectivity index (χ0v) is 14.7. The van der Waals surface area contributed by atoms with Crippen LogP contribution in [0.15, 0.2) is 12.3 Å². The second-order valence-electron chi connectivity index (χ2n) is 6.39. The van der Waals surface area contributed by atoms with Crippen LogP contribution in [-0.4, -0.2) is 19.6 Å². The van der Waals surface area contributed by atoms with E-state index in [4.69, 9.17) is 5.10 Å². The Morgan fingerprint density at radius 1 is 1.27 bits per heavy atom. The molecule has 1 aliphatic rings. The van der Waals surface area contributed by atoms with Crippen LogP contribution < -0.4 is 5.32 Å². The van der Waals surface area contributed by atoms with Gasteiger partial charge in [0.05, 0.1) is 17.1 Å². The van der Waals surface area contributed by atoms with Crippen molar-refractivity contribution >= 4 is 12.4 Å². The summed E-state index contributed by atoms with van der Waals surface area (Å²) in [6.45, 7) is 8.14. The number of rotatable bonds is 6. The third-order valence-electron chi connectivity index (χ3n) is 4.05. The summed E-state index contributed by atoms with van der Waals surface area (Å²) in [6.07, 6.45) is 4.69. The van der Waals surface area contributed by atoms with Crippen molar-refractivity contribution in [2.45, 2.75) is 58.7 Å². The van der Waals surface area contributed by atoms with E-state index in [2.05, 4.69) is 48.1 Å². The molecule has 0 unspecified atom stereocenters. The maximum absolute atomic E-state index is 4.78. The lowest BCUT2D eigenvalue weighted by Gasteiger charge is -2.11. The highest BCUT2D eigenvalue weighted by Gasteiger charge is 2.27. The van der Waals surface area contributed by atoms with Crippen LogP contribution in [0.4, 0.5) is 0 Å². The standard InChI is InChI=1S/C16H25N5.ClH/c1-11(2)21-15(7-16(19-21)13-5-6-13)9-17-8-14-10-20(4)18-12(14)3;/h7,10-11,13,17H,5-6,8-9H2,1-4H3;1H. The quantitative estimate of drug-likeness (QED) is 0.888. The Hall–Kier alpha value is -1.33. The van der Waals surface area contributed by atoms with Crippen molar-refractivity contribution < 1.29 is 0 Å². The number of hydrogen-bond donors (Lipinski definition) is 1. The number of aryl methyl sites for hydroxylation is 2. The first kappa shape index (κ1) is 17.0. The lowest BCUT2D eigenvalue weighted by atomic mass is 10.2. The third kappa shape index (κ3) is 3.70. The third-order valence-corrected chi connectivity index (χ3v) is 4.05.